The van der Waals surface area contributed by atoms with Gasteiger partial charge in [0.1, 0.15) is 0 Å². The zero-order valence-electron chi connectivity index (χ0n) is 25.2. The van der Waals surface area contributed by atoms with E-state index in [-0.39, 0.29) is 0 Å². The Balaban J connectivity index is 1.30. The van der Waals surface area contributed by atoms with E-state index in [0.717, 1.165) is 0 Å². The summed E-state index contributed by atoms with van der Waals surface area (Å²) in [4.78, 5) is 0. The molecule has 0 radical (unpaired) electrons. The lowest BCUT2D eigenvalue weighted by Gasteiger charge is -2.19. The molecule has 0 amide bonds. The van der Waals surface area contributed by atoms with Gasteiger partial charge < -0.3 is 0 Å². The lowest BCUT2D eigenvalue weighted by molar-refractivity contribution is 1.69. The fraction of sp³-hybridized carbons (Fsp3) is 0. The van der Waals surface area contributed by atoms with E-state index in [9.17, 15) is 0 Å². The third-order valence-electron chi connectivity index (χ3n) is 10.00. The van der Waals surface area contributed by atoms with Gasteiger partial charge in [-0.2, -0.15) is 0 Å². The van der Waals surface area contributed by atoms with Crippen LogP contribution in [0.3, 0.4) is 0 Å². The maximum atomic E-state index is 2.43. The predicted molar refractivity (Wildman–Crippen MR) is 200 cm³/mol. The molecule has 10 rings (SSSR count). The van der Waals surface area contributed by atoms with E-state index in [0.29, 0.717) is 0 Å². The highest BCUT2D eigenvalue weighted by Crippen LogP contribution is 2.46. The van der Waals surface area contributed by atoms with Crippen LogP contribution in [-0.2, 0) is 0 Å². The monoisotopic (exact) mass is 580 g/mol. The van der Waals surface area contributed by atoms with E-state index in [2.05, 4.69) is 170 Å². The highest BCUT2D eigenvalue weighted by atomic mass is 14.2. The maximum Gasteiger partial charge on any atom is -0.00261 e. The lowest BCUT2D eigenvalue weighted by atomic mass is 9.84. The van der Waals surface area contributed by atoms with E-state index in [1.807, 2.05) is 0 Å². The molecule has 0 N–H and O–H groups in total. The molecule has 0 fully saturated rings. The molecule has 0 aliphatic heterocycles. The van der Waals surface area contributed by atoms with Crippen molar-refractivity contribution >= 4 is 75.4 Å². The molecule has 0 bridgehead atoms. The van der Waals surface area contributed by atoms with Crippen molar-refractivity contribution in [2.24, 2.45) is 0 Å². The molecule has 0 aliphatic rings. The summed E-state index contributed by atoms with van der Waals surface area (Å²) in [6, 6.07) is 62.9. The highest BCUT2D eigenvalue weighted by molar-refractivity contribution is 6.27. The van der Waals surface area contributed by atoms with Crippen LogP contribution in [0, 0.1) is 0 Å². The van der Waals surface area contributed by atoms with Crippen molar-refractivity contribution < 1.29 is 0 Å². The van der Waals surface area contributed by atoms with Gasteiger partial charge in [0.2, 0.25) is 0 Å². The summed E-state index contributed by atoms with van der Waals surface area (Å²) in [6.45, 7) is 0. The zero-order valence-corrected chi connectivity index (χ0v) is 25.2. The average molecular weight is 581 g/mol. The molecule has 0 saturated heterocycles. The second kappa shape index (κ2) is 9.76. The Morgan fingerprint density at radius 1 is 0.196 bits per heavy atom. The number of hydrogen-bond donors (Lipinski definition) is 0. The Bertz CT molecular complexity index is 2760. The standard InChI is InChI=1S/C46H28/c1-2-12-33-29(11-1)21-22-30-23-24-31(27-43(30)33)45-39-17-7-9-19-41(39)46(42-20-10-8-18-40(42)45)32-25-26-38-36-15-4-3-13-34(36)35-14-5-6-16-37(35)44(38)28-32/h1-28H. The van der Waals surface area contributed by atoms with Crippen LogP contribution in [-0.4, -0.2) is 0 Å². The third-order valence-corrected chi connectivity index (χ3v) is 10.00. The number of fused-ring (bicyclic) bond motifs is 11. The van der Waals surface area contributed by atoms with Crippen molar-refractivity contribution in [3.8, 4) is 22.3 Å². The summed E-state index contributed by atoms with van der Waals surface area (Å²) in [5.74, 6) is 0. The summed E-state index contributed by atoms with van der Waals surface area (Å²) in [5, 5.41) is 18.0. The summed E-state index contributed by atoms with van der Waals surface area (Å²) in [5.41, 5.74) is 5.08. The zero-order chi connectivity index (χ0) is 30.2. The van der Waals surface area contributed by atoms with Gasteiger partial charge in [0.25, 0.3) is 0 Å². The first-order chi connectivity index (χ1) is 22.8. The number of benzene rings is 10. The van der Waals surface area contributed by atoms with Crippen molar-refractivity contribution in [1.82, 2.24) is 0 Å². The molecule has 212 valence electrons. The predicted octanol–water partition coefficient (Wildman–Crippen LogP) is 13.1. The Labute approximate surface area is 266 Å². The van der Waals surface area contributed by atoms with Gasteiger partial charge in [-0.05, 0) is 110 Å². The Morgan fingerprint density at radius 2 is 0.522 bits per heavy atom. The Hall–Kier alpha value is -5.98. The molecular formula is C46H28. The molecule has 0 atom stereocenters. The minimum Gasteiger partial charge on any atom is -0.0616 e. The second-order valence-electron chi connectivity index (χ2n) is 12.4. The summed E-state index contributed by atoms with van der Waals surface area (Å²) >= 11 is 0. The van der Waals surface area contributed by atoms with Crippen LogP contribution in [0.2, 0.25) is 0 Å². The van der Waals surface area contributed by atoms with Crippen molar-refractivity contribution in [1.29, 1.82) is 0 Å². The topological polar surface area (TPSA) is 0 Å². The van der Waals surface area contributed by atoms with E-state index in [1.54, 1.807) is 0 Å². The van der Waals surface area contributed by atoms with Gasteiger partial charge in [-0.15, -0.1) is 0 Å². The van der Waals surface area contributed by atoms with Crippen LogP contribution in [0.25, 0.3) is 97.7 Å². The molecule has 0 aliphatic carbocycles. The van der Waals surface area contributed by atoms with E-state index >= 15 is 0 Å². The quantitative estimate of drug-likeness (QED) is 0.141. The molecular weight excluding hydrogens is 553 g/mol. The fourth-order valence-corrected chi connectivity index (χ4v) is 7.97. The molecule has 0 saturated carbocycles. The molecule has 0 spiro atoms. The van der Waals surface area contributed by atoms with Gasteiger partial charge in [-0.1, -0.05) is 158 Å². The second-order valence-corrected chi connectivity index (χ2v) is 12.4. The molecule has 46 heavy (non-hydrogen) atoms. The fourth-order valence-electron chi connectivity index (χ4n) is 7.97. The van der Waals surface area contributed by atoms with Gasteiger partial charge >= 0.3 is 0 Å². The first-order valence-corrected chi connectivity index (χ1v) is 16.0. The molecule has 0 unspecified atom stereocenters. The maximum absolute atomic E-state index is 2.43. The third kappa shape index (κ3) is 3.62. The van der Waals surface area contributed by atoms with Crippen molar-refractivity contribution in [2.75, 3.05) is 0 Å². The van der Waals surface area contributed by atoms with E-state index in [4.69, 9.17) is 0 Å². The van der Waals surface area contributed by atoms with Crippen molar-refractivity contribution in [2.45, 2.75) is 0 Å². The van der Waals surface area contributed by atoms with Crippen LogP contribution >= 0.6 is 0 Å². The summed E-state index contributed by atoms with van der Waals surface area (Å²) in [6.07, 6.45) is 0. The molecule has 0 heterocycles. The molecule has 0 nitrogen and oxygen atoms in total. The SMILES string of the molecule is c1ccc2c(c1)ccc1ccc(-c3c4ccccc4c(-c4ccc5c6ccccc6c6ccccc6c5c4)c4ccccc34)cc12. The van der Waals surface area contributed by atoms with Gasteiger partial charge in [0.15, 0.2) is 0 Å². The van der Waals surface area contributed by atoms with Gasteiger partial charge in [0, 0.05) is 0 Å². The average Bonchev–Trinajstić information content (AvgIpc) is 3.13. The van der Waals surface area contributed by atoms with E-state index < -0.39 is 0 Å². The first-order valence-electron chi connectivity index (χ1n) is 16.0. The van der Waals surface area contributed by atoms with Crippen LogP contribution in [0.5, 0.6) is 0 Å². The molecule has 0 heteroatoms. The van der Waals surface area contributed by atoms with Crippen LogP contribution < -0.4 is 0 Å². The highest BCUT2D eigenvalue weighted by Gasteiger charge is 2.18. The smallest absolute Gasteiger partial charge is 0.00261 e. The Morgan fingerprint density at radius 3 is 1.04 bits per heavy atom. The minimum absolute atomic E-state index is 1.25. The van der Waals surface area contributed by atoms with Crippen LogP contribution in [0.1, 0.15) is 0 Å². The Kier molecular flexibility index (Phi) is 5.38. The normalized spacial score (nSPS) is 11.9. The number of hydrogen-bond acceptors (Lipinski definition) is 0. The van der Waals surface area contributed by atoms with Crippen LogP contribution in [0.15, 0.2) is 170 Å². The number of rotatable bonds is 2. The molecule has 10 aromatic carbocycles. The lowest BCUT2D eigenvalue weighted by Crippen LogP contribution is -1.91. The minimum atomic E-state index is 1.25. The van der Waals surface area contributed by atoms with Gasteiger partial charge in [0.05, 0.1) is 0 Å². The summed E-state index contributed by atoms with van der Waals surface area (Å²) in [7, 11) is 0. The van der Waals surface area contributed by atoms with Crippen molar-refractivity contribution in [3.63, 3.8) is 0 Å². The molecule has 0 aromatic heterocycles. The summed E-state index contributed by atoms with van der Waals surface area (Å²) < 4.78 is 0. The first kappa shape index (κ1) is 25.4. The van der Waals surface area contributed by atoms with Gasteiger partial charge in [-0.25, -0.2) is 0 Å². The van der Waals surface area contributed by atoms with Gasteiger partial charge in [-0.3, -0.25) is 0 Å². The van der Waals surface area contributed by atoms with E-state index in [1.165, 1.54) is 97.7 Å². The molecule has 10 aromatic rings. The largest absolute Gasteiger partial charge is 0.0616 e. The van der Waals surface area contributed by atoms with Crippen LogP contribution in [0.4, 0.5) is 0 Å². The van der Waals surface area contributed by atoms with Crippen molar-refractivity contribution in [3.05, 3.63) is 170 Å².